The third-order valence-corrected chi connectivity index (χ3v) is 4.37. The molecule has 11 heteroatoms. The van der Waals surface area contributed by atoms with Crippen molar-refractivity contribution in [2.75, 3.05) is 33.1 Å². The quantitative estimate of drug-likeness (QED) is 0.343. The Morgan fingerprint density at radius 3 is 2.42 bits per heavy atom. The van der Waals surface area contributed by atoms with Gasteiger partial charge in [-0.2, -0.15) is 5.10 Å². The number of esters is 1. The lowest BCUT2D eigenvalue weighted by atomic mass is 10.1. The Morgan fingerprint density at radius 2 is 1.84 bits per heavy atom. The van der Waals surface area contributed by atoms with E-state index >= 15 is 0 Å². The summed E-state index contributed by atoms with van der Waals surface area (Å²) in [5.41, 5.74) is 1.21. The lowest BCUT2D eigenvalue weighted by Crippen LogP contribution is -2.29. The molecule has 31 heavy (non-hydrogen) atoms. The average molecular weight is 436 g/mol. The summed E-state index contributed by atoms with van der Waals surface area (Å²) in [6, 6.07) is 6.70. The first-order valence-corrected chi connectivity index (χ1v) is 9.91. The van der Waals surface area contributed by atoms with Crippen LogP contribution in [-0.4, -0.2) is 81.2 Å². The Balaban J connectivity index is 1.74. The second-order valence-electron chi connectivity index (χ2n) is 6.63. The number of aliphatic hydroxyl groups excluding tert-OH is 2. The van der Waals surface area contributed by atoms with Crippen LogP contribution in [0.25, 0.3) is 0 Å². The Kier molecular flexibility index (Phi) is 10.4. The van der Waals surface area contributed by atoms with Gasteiger partial charge in [0.2, 0.25) is 6.79 Å². The molecule has 1 heterocycles. The topological polar surface area (TPSA) is 136 Å². The van der Waals surface area contributed by atoms with E-state index in [0.29, 0.717) is 38.2 Å². The number of nitrogens with zero attached hydrogens (tertiary/aromatic N) is 4. The largest absolute Gasteiger partial charge is 0.511 e. The van der Waals surface area contributed by atoms with E-state index in [4.69, 9.17) is 24.4 Å². The van der Waals surface area contributed by atoms with E-state index in [1.807, 2.05) is 11.8 Å². The van der Waals surface area contributed by atoms with E-state index in [1.165, 1.54) is 17.3 Å². The van der Waals surface area contributed by atoms with Gasteiger partial charge in [0.1, 0.15) is 18.8 Å². The monoisotopic (exact) mass is 436 g/mol. The fraction of sp³-hybridized carbons (Fsp3) is 0.500. The predicted molar refractivity (Wildman–Crippen MR) is 108 cm³/mol. The molecule has 2 N–H and O–H groups in total. The van der Waals surface area contributed by atoms with Crippen LogP contribution in [0.5, 0.6) is 0 Å². The van der Waals surface area contributed by atoms with Gasteiger partial charge in [0.25, 0.3) is 0 Å². The number of hydrogen-bond donors (Lipinski definition) is 2. The molecule has 0 saturated heterocycles. The molecule has 2 aromatic rings. The minimum absolute atomic E-state index is 0.00764. The summed E-state index contributed by atoms with van der Waals surface area (Å²) in [7, 11) is 0. The molecule has 0 spiro atoms. The highest BCUT2D eigenvalue weighted by Crippen LogP contribution is 2.09. The van der Waals surface area contributed by atoms with Crippen LogP contribution in [0, 0.1) is 0 Å². The summed E-state index contributed by atoms with van der Waals surface area (Å²) in [5, 5.41) is 22.1. The van der Waals surface area contributed by atoms with Gasteiger partial charge in [-0.1, -0.05) is 19.1 Å². The number of aliphatic hydroxyl groups is 2. The molecule has 170 valence electrons. The fourth-order valence-corrected chi connectivity index (χ4v) is 2.73. The maximum Gasteiger partial charge on any atom is 0.511 e. The molecule has 1 aromatic carbocycles. The number of carbonyl (C=O) groups is 2. The number of ether oxygens (including phenoxy) is 3. The van der Waals surface area contributed by atoms with E-state index in [9.17, 15) is 9.59 Å². The molecule has 2 rings (SSSR count). The summed E-state index contributed by atoms with van der Waals surface area (Å²) in [5.74, 6) is -0.642. The molecule has 0 aliphatic rings. The van der Waals surface area contributed by atoms with Gasteiger partial charge in [0, 0.05) is 19.6 Å². The van der Waals surface area contributed by atoms with Crippen molar-refractivity contribution >= 4 is 12.1 Å². The molecule has 11 nitrogen and oxygen atoms in total. The summed E-state index contributed by atoms with van der Waals surface area (Å²) in [4.78, 5) is 29.6. The minimum atomic E-state index is -0.942. The lowest BCUT2D eigenvalue weighted by Gasteiger charge is -2.20. The van der Waals surface area contributed by atoms with E-state index < -0.39 is 25.0 Å². The van der Waals surface area contributed by atoms with Crippen molar-refractivity contribution in [3.8, 4) is 0 Å². The Bertz CT molecular complexity index is 777. The molecule has 0 aliphatic carbocycles. The van der Waals surface area contributed by atoms with Gasteiger partial charge < -0.3 is 24.4 Å². The van der Waals surface area contributed by atoms with Gasteiger partial charge >= 0.3 is 12.1 Å². The molecule has 1 atom stereocenters. The normalized spacial score (nSPS) is 11.9. The zero-order valence-corrected chi connectivity index (χ0v) is 17.4. The zero-order valence-electron chi connectivity index (χ0n) is 17.4. The highest BCUT2D eigenvalue weighted by Gasteiger charge is 2.16. The molecule has 0 bridgehead atoms. The number of rotatable bonds is 13. The van der Waals surface area contributed by atoms with Crippen LogP contribution in [0.3, 0.4) is 0 Å². The molecule has 0 saturated carbocycles. The highest BCUT2D eigenvalue weighted by atomic mass is 16.8. The van der Waals surface area contributed by atoms with Crippen molar-refractivity contribution in [3.63, 3.8) is 0 Å². The summed E-state index contributed by atoms with van der Waals surface area (Å²) < 4.78 is 16.5. The maximum atomic E-state index is 12.1. The van der Waals surface area contributed by atoms with Crippen molar-refractivity contribution in [1.82, 2.24) is 19.7 Å². The van der Waals surface area contributed by atoms with Crippen LogP contribution in [0.15, 0.2) is 36.9 Å². The zero-order chi connectivity index (χ0) is 22.5. The fourth-order valence-electron chi connectivity index (χ4n) is 2.73. The van der Waals surface area contributed by atoms with Crippen LogP contribution in [0.2, 0.25) is 0 Å². The second kappa shape index (κ2) is 13.3. The number of benzene rings is 1. The van der Waals surface area contributed by atoms with Crippen molar-refractivity contribution in [1.29, 1.82) is 0 Å². The van der Waals surface area contributed by atoms with Gasteiger partial charge in [-0.3, -0.25) is 4.90 Å². The third-order valence-electron chi connectivity index (χ3n) is 4.37. The lowest BCUT2D eigenvalue weighted by molar-refractivity contribution is -0.0414. The van der Waals surface area contributed by atoms with Gasteiger partial charge in [-0.05, 0) is 24.1 Å². The summed E-state index contributed by atoms with van der Waals surface area (Å²) in [6.07, 6.45) is 2.06. The number of hydrogen-bond acceptors (Lipinski definition) is 10. The van der Waals surface area contributed by atoms with Crippen LogP contribution >= 0.6 is 0 Å². The maximum absolute atomic E-state index is 12.1. The highest BCUT2D eigenvalue weighted by molar-refractivity contribution is 5.89. The van der Waals surface area contributed by atoms with Crippen molar-refractivity contribution in [2.24, 2.45) is 0 Å². The van der Waals surface area contributed by atoms with Gasteiger partial charge in [-0.25, -0.2) is 19.3 Å². The molecule has 1 unspecified atom stereocenters. The van der Waals surface area contributed by atoms with Crippen LogP contribution < -0.4 is 0 Å². The Hall–Kier alpha value is -3.02. The van der Waals surface area contributed by atoms with Crippen molar-refractivity contribution in [3.05, 3.63) is 48.0 Å². The average Bonchev–Trinajstić information content (AvgIpc) is 3.27. The standard InChI is InChI=1S/C20H28N4O7/c1-2-18(12-24-14-21-13-22-24)31-20(28)30-15-29-19(27)17-5-3-16(4-6-17)11-23(7-9-25)8-10-26/h3-6,13-14,18,25-26H,2,7-12,15H2,1H3. The van der Waals surface area contributed by atoms with Gasteiger partial charge in [0.15, 0.2) is 0 Å². The van der Waals surface area contributed by atoms with Gasteiger partial charge in [0.05, 0.1) is 25.3 Å². The Morgan fingerprint density at radius 1 is 1.13 bits per heavy atom. The van der Waals surface area contributed by atoms with E-state index in [2.05, 4.69) is 10.1 Å². The first-order valence-electron chi connectivity index (χ1n) is 9.91. The molecular weight excluding hydrogens is 408 g/mol. The molecule has 0 radical (unpaired) electrons. The first kappa shape index (κ1) is 24.3. The molecule has 0 fully saturated rings. The van der Waals surface area contributed by atoms with Crippen molar-refractivity contribution < 1.29 is 34.0 Å². The van der Waals surface area contributed by atoms with E-state index in [-0.39, 0.29) is 13.2 Å². The second-order valence-corrected chi connectivity index (χ2v) is 6.63. The van der Waals surface area contributed by atoms with Crippen LogP contribution in [0.1, 0.15) is 29.3 Å². The smallest absolute Gasteiger partial charge is 0.429 e. The number of aromatic nitrogens is 3. The minimum Gasteiger partial charge on any atom is -0.429 e. The number of carbonyl (C=O) groups excluding carboxylic acids is 2. The van der Waals surface area contributed by atoms with E-state index in [1.54, 1.807) is 24.3 Å². The van der Waals surface area contributed by atoms with Crippen LogP contribution in [-0.2, 0) is 27.3 Å². The third kappa shape index (κ3) is 8.70. The van der Waals surface area contributed by atoms with Gasteiger partial charge in [-0.15, -0.1) is 0 Å². The molecule has 1 aromatic heterocycles. The molecular formula is C20H28N4O7. The molecule has 0 aliphatic heterocycles. The Labute approximate surface area is 180 Å². The van der Waals surface area contributed by atoms with Crippen molar-refractivity contribution in [2.45, 2.75) is 32.5 Å². The first-order chi connectivity index (χ1) is 15.0. The summed E-state index contributed by atoms with van der Waals surface area (Å²) in [6.45, 7) is 3.01. The molecule has 0 amide bonds. The SMILES string of the molecule is CCC(Cn1cncn1)OC(=O)OCOC(=O)c1ccc(CN(CCO)CCO)cc1. The van der Waals surface area contributed by atoms with E-state index in [0.717, 1.165) is 5.56 Å². The van der Waals surface area contributed by atoms with Crippen LogP contribution in [0.4, 0.5) is 4.79 Å². The summed E-state index contributed by atoms with van der Waals surface area (Å²) >= 11 is 0. The predicted octanol–water partition coefficient (Wildman–Crippen LogP) is 0.811.